The minimum Gasteiger partial charge on any atom is -0.378 e. The van der Waals surface area contributed by atoms with Crippen LogP contribution in [0.25, 0.3) is 44.3 Å². The molecule has 279 valence electrons. The largest absolute Gasteiger partial charge is 0.378 e. The van der Waals surface area contributed by atoms with E-state index in [0.29, 0.717) is 18.1 Å². The van der Waals surface area contributed by atoms with Crippen LogP contribution in [0.15, 0.2) is 122 Å². The summed E-state index contributed by atoms with van der Waals surface area (Å²) in [5.74, 6) is 0. The van der Waals surface area contributed by atoms with Crippen molar-refractivity contribution < 1.29 is 20.1 Å². The van der Waals surface area contributed by atoms with Gasteiger partial charge >= 0.3 is 0 Å². The molecule has 0 N–H and O–H groups in total. The molecule has 7 aromatic rings. The summed E-state index contributed by atoms with van der Waals surface area (Å²) in [6.07, 6.45) is 19.3. The number of nitrogens with zero attached hydrogens (tertiary/aromatic N) is 5. The van der Waals surface area contributed by atoms with Gasteiger partial charge in [0.2, 0.25) is 0 Å². The summed E-state index contributed by atoms with van der Waals surface area (Å²) in [6.45, 7) is 0. The Morgan fingerprint density at radius 1 is 0.473 bits per heavy atom. The number of aromatic nitrogens is 3. The number of benzene rings is 4. The molecule has 55 heavy (non-hydrogen) atoms. The first-order valence-electron chi connectivity index (χ1n) is 20.3. The Bertz CT molecular complexity index is 2390. The minimum atomic E-state index is 0. The zero-order valence-corrected chi connectivity index (χ0v) is 33.7. The van der Waals surface area contributed by atoms with Crippen molar-refractivity contribution in [1.29, 1.82) is 0 Å². The van der Waals surface area contributed by atoms with Gasteiger partial charge in [0.05, 0.1) is 11.4 Å². The first-order valence-corrected chi connectivity index (χ1v) is 20.3. The van der Waals surface area contributed by atoms with E-state index >= 15 is 0 Å². The molecule has 0 unspecified atom stereocenters. The number of hydrogen-bond acceptors (Lipinski definition) is 4. The molecular weight excluding hydrogens is 851 g/mol. The average Bonchev–Trinajstić information content (AvgIpc) is 4.09. The molecule has 3 aromatic heterocycles. The van der Waals surface area contributed by atoms with Crippen molar-refractivity contribution in [3.8, 4) is 22.5 Å². The van der Waals surface area contributed by atoms with Gasteiger partial charge in [-0.3, -0.25) is 0 Å². The van der Waals surface area contributed by atoms with Crippen molar-refractivity contribution in [3.05, 3.63) is 134 Å². The van der Waals surface area contributed by atoms with E-state index in [1.54, 1.807) is 0 Å². The summed E-state index contributed by atoms with van der Waals surface area (Å²) in [4.78, 5) is 14.6. The Hall–Kier alpha value is -4.77. The Balaban J connectivity index is 0.000000145. The Morgan fingerprint density at radius 3 is 1.65 bits per heavy atom. The number of para-hydroxylation sites is 3. The van der Waals surface area contributed by atoms with Gasteiger partial charge in [-0.05, 0) is 103 Å². The van der Waals surface area contributed by atoms with Gasteiger partial charge in [0, 0.05) is 56.1 Å². The second kappa shape index (κ2) is 15.8. The standard InChI is InChI=1S/C27H28N3.C22H19N2.Ir/c1-2-11-20(10-1)29-24-16-5-6-17-25(24)30(21-12-3-4-13-21)27-22(14-9-18-26(27)29)23-15-7-8-19-28-23;1-2-9-16(8-1)24-21-14-4-3-10-17(21)18-11-7-12-19(22(18)24)20-13-5-6-15-23-20;/h5-9,15-21H,1-4,10-13H2;3-7,10-11,13-16H,1-2,8-9H2;/q2*-1;. The second-order valence-electron chi connectivity index (χ2n) is 15.6. The molecule has 1 radical (unpaired) electrons. The van der Waals surface area contributed by atoms with E-state index in [1.165, 1.54) is 122 Å². The summed E-state index contributed by atoms with van der Waals surface area (Å²) in [5, 5.41) is 2.66. The molecule has 5 nitrogen and oxygen atoms in total. The van der Waals surface area contributed by atoms with Gasteiger partial charge in [-0.15, -0.1) is 42.0 Å². The molecule has 11 rings (SSSR count). The molecule has 0 amide bonds. The van der Waals surface area contributed by atoms with Crippen molar-refractivity contribution in [2.75, 3.05) is 9.80 Å². The number of rotatable bonds is 5. The molecule has 3 saturated carbocycles. The first kappa shape index (κ1) is 35.9. The van der Waals surface area contributed by atoms with E-state index in [9.17, 15) is 0 Å². The third-order valence-corrected chi connectivity index (χ3v) is 12.4. The van der Waals surface area contributed by atoms with E-state index in [-0.39, 0.29) is 20.1 Å². The SMILES string of the molecule is [Ir].[c-]1ccc2c(c1-c1ccccn1)N(C1CCCC1)c1ccccc1N2C1CCCC1.[c-]1ccc2c3ccccc3n(C3CCCC3)c2c1-c1ccccn1. The number of anilines is 4. The van der Waals surface area contributed by atoms with Crippen molar-refractivity contribution in [2.24, 2.45) is 0 Å². The van der Waals surface area contributed by atoms with Gasteiger partial charge in [0.25, 0.3) is 0 Å². The fourth-order valence-electron chi connectivity index (χ4n) is 10.1. The molecule has 0 saturated heterocycles. The molecular formula is C49H47IrN5-2. The Labute approximate surface area is 338 Å². The molecule has 1 aliphatic heterocycles. The zero-order valence-electron chi connectivity index (χ0n) is 31.3. The third-order valence-electron chi connectivity index (χ3n) is 12.4. The predicted octanol–water partition coefficient (Wildman–Crippen LogP) is 12.8. The summed E-state index contributed by atoms with van der Waals surface area (Å²) in [6, 6.07) is 47.6. The van der Waals surface area contributed by atoms with Crippen LogP contribution in [0.3, 0.4) is 0 Å². The van der Waals surface area contributed by atoms with Gasteiger partial charge in [0.1, 0.15) is 0 Å². The molecule has 0 bridgehead atoms. The van der Waals surface area contributed by atoms with Gasteiger partial charge < -0.3 is 24.3 Å². The number of pyridine rings is 2. The molecule has 3 fully saturated rings. The zero-order chi connectivity index (χ0) is 35.8. The van der Waals surface area contributed by atoms with Crippen molar-refractivity contribution in [3.63, 3.8) is 0 Å². The predicted molar refractivity (Wildman–Crippen MR) is 223 cm³/mol. The molecule has 6 heteroatoms. The smallest absolute Gasteiger partial charge is 0.0634 e. The fourth-order valence-corrected chi connectivity index (χ4v) is 10.1. The average molecular weight is 898 g/mol. The van der Waals surface area contributed by atoms with Gasteiger partial charge in [-0.25, -0.2) is 0 Å². The van der Waals surface area contributed by atoms with E-state index in [4.69, 9.17) is 4.98 Å². The van der Waals surface area contributed by atoms with E-state index in [0.717, 1.165) is 22.5 Å². The third kappa shape index (κ3) is 6.47. The minimum absolute atomic E-state index is 0. The van der Waals surface area contributed by atoms with Crippen LogP contribution in [0.1, 0.15) is 83.1 Å². The fraction of sp³-hybridized carbons (Fsp3) is 0.306. The molecule has 0 atom stereocenters. The van der Waals surface area contributed by atoms with Crippen LogP contribution in [0, 0.1) is 12.1 Å². The molecule has 4 aliphatic rings. The van der Waals surface area contributed by atoms with Gasteiger partial charge in [-0.1, -0.05) is 104 Å². The summed E-state index contributed by atoms with van der Waals surface area (Å²) in [5.41, 5.74) is 12.3. The maximum atomic E-state index is 4.72. The number of fused-ring (bicyclic) bond motifs is 5. The summed E-state index contributed by atoms with van der Waals surface area (Å²) in [7, 11) is 0. The monoisotopic (exact) mass is 898 g/mol. The quantitative estimate of drug-likeness (QED) is 0.161. The van der Waals surface area contributed by atoms with Crippen LogP contribution < -0.4 is 9.80 Å². The summed E-state index contributed by atoms with van der Waals surface area (Å²) < 4.78 is 2.57. The van der Waals surface area contributed by atoms with Crippen LogP contribution in [0.4, 0.5) is 22.7 Å². The topological polar surface area (TPSA) is 37.2 Å². The van der Waals surface area contributed by atoms with Crippen molar-refractivity contribution in [2.45, 2.75) is 95.2 Å². The molecule has 3 aliphatic carbocycles. The normalized spacial score (nSPS) is 17.2. The Morgan fingerprint density at radius 2 is 1.00 bits per heavy atom. The van der Waals surface area contributed by atoms with Crippen LogP contribution in [0.2, 0.25) is 0 Å². The Kier molecular flexibility index (Phi) is 10.3. The molecule has 4 aromatic carbocycles. The first-order chi connectivity index (χ1) is 26.8. The van der Waals surface area contributed by atoms with Crippen LogP contribution in [-0.2, 0) is 20.1 Å². The van der Waals surface area contributed by atoms with Crippen LogP contribution >= 0.6 is 0 Å². The summed E-state index contributed by atoms with van der Waals surface area (Å²) >= 11 is 0. The van der Waals surface area contributed by atoms with Crippen LogP contribution in [-0.4, -0.2) is 26.6 Å². The maximum absolute atomic E-state index is 4.72. The van der Waals surface area contributed by atoms with Crippen molar-refractivity contribution in [1.82, 2.24) is 14.5 Å². The van der Waals surface area contributed by atoms with Gasteiger partial charge in [0.15, 0.2) is 0 Å². The van der Waals surface area contributed by atoms with E-state index in [1.807, 2.05) is 30.6 Å². The van der Waals surface area contributed by atoms with E-state index in [2.05, 4.69) is 122 Å². The van der Waals surface area contributed by atoms with Crippen LogP contribution in [0.5, 0.6) is 0 Å². The molecule has 0 spiro atoms. The number of hydrogen-bond donors (Lipinski definition) is 0. The molecule has 4 heterocycles. The van der Waals surface area contributed by atoms with Crippen molar-refractivity contribution >= 4 is 44.6 Å². The van der Waals surface area contributed by atoms with E-state index < -0.39 is 0 Å². The van der Waals surface area contributed by atoms with Gasteiger partial charge in [-0.2, -0.15) is 0 Å². The maximum Gasteiger partial charge on any atom is 0.0634 e. The second-order valence-corrected chi connectivity index (χ2v) is 15.6.